The second kappa shape index (κ2) is 5.76. The summed E-state index contributed by atoms with van der Waals surface area (Å²) in [5.41, 5.74) is 7.44. The molecule has 0 aromatic carbocycles. The van der Waals surface area contributed by atoms with Crippen LogP contribution in [0.25, 0.3) is 0 Å². The molecule has 2 rings (SSSR count). The van der Waals surface area contributed by atoms with Crippen LogP contribution >= 0.6 is 0 Å². The first-order valence-corrected chi connectivity index (χ1v) is 6.03. The first kappa shape index (κ1) is 13.4. The summed E-state index contributed by atoms with van der Waals surface area (Å²) in [4.78, 5) is 24.4. The highest BCUT2D eigenvalue weighted by molar-refractivity contribution is 5.91. The molecule has 1 aromatic heterocycles. The van der Waals surface area contributed by atoms with Gasteiger partial charge in [-0.3, -0.25) is 19.7 Å². The van der Waals surface area contributed by atoms with Gasteiger partial charge in [0, 0.05) is 13.1 Å². The Kier molecular flexibility index (Phi) is 4.07. The zero-order valence-corrected chi connectivity index (χ0v) is 10.5. The van der Waals surface area contributed by atoms with Gasteiger partial charge in [-0.15, -0.1) is 5.10 Å². The highest BCUT2D eigenvalue weighted by atomic mass is 16.2. The van der Waals surface area contributed by atoms with Crippen LogP contribution < -0.4 is 17.0 Å². The third-order valence-corrected chi connectivity index (χ3v) is 3.22. The molecule has 1 aromatic rings. The Labute approximate surface area is 109 Å². The molecule has 9 nitrogen and oxygen atoms in total. The molecule has 9 heteroatoms. The first-order chi connectivity index (χ1) is 9.10. The zero-order chi connectivity index (χ0) is 13.8. The van der Waals surface area contributed by atoms with Crippen LogP contribution in [0.4, 0.5) is 0 Å². The van der Waals surface area contributed by atoms with Gasteiger partial charge in [0.2, 0.25) is 5.91 Å². The van der Waals surface area contributed by atoms with Gasteiger partial charge in [0.25, 0.3) is 5.91 Å². The minimum Gasteiger partial charge on any atom is -0.369 e. The molecule has 1 saturated heterocycles. The molecular weight excluding hydrogens is 250 g/mol. The fourth-order valence-electron chi connectivity index (χ4n) is 2.10. The predicted molar refractivity (Wildman–Crippen MR) is 65.4 cm³/mol. The predicted octanol–water partition coefficient (Wildman–Crippen LogP) is -2.31. The summed E-state index contributed by atoms with van der Waals surface area (Å²) in [5.74, 6) is 4.22. The zero-order valence-electron chi connectivity index (χ0n) is 10.5. The molecule has 104 valence electrons. The van der Waals surface area contributed by atoms with Crippen molar-refractivity contribution in [3.05, 3.63) is 11.9 Å². The van der Waals surface area contributed by atoms with Gasteiger partial charge >= 0.3 is 0 Å². The number of nitrogen functional groups attached to an aromatic ring is 1. The quantitative estimate of drug-likeness (QED) is 0.312. The molecule has 0 bridgehead atoms. The van der Waals surface area contributed by atoms with E-state index in [0.717, 1.165) is 19.5 Å². The molecule has 1 unspecified atom stereocenters. The summed E-state index contributed by atoms with van der Waals surface area (Å²) in [6.07, 6.45) is 2.33. The maximum atomic E-state index is 11.2. The Morgan fingerprint density at radius 2 is 2.26 bits per heavy atom. The summed E-state index contributed by atoms with van der Waals surface area (Å²) in [5, 5.41) is 7.54. The summed E-state index contributed by atoms with van der Waals surface area (Å²) in [6, 6.07) is 0. The summed E-state index contributed by atoms with van der Waals surface area (Å²) >= 11 is 0. The lowest BCUT2D eigenvalue weighted by atomic mass is 10.1. The number of carbonyl (C=O) groups is 2. The maximum Gasteiger partial charge on any atom is 0.287 e. The largest absolute Gasteiger partial charge is 0.369 e. The molecule has 0 radical (unpaired) electrons. The van der Waals surface area contributed by atoms with Gasteiger partial charge in [-0.25, -0.2) is 5.84 Å². The van der Waals surface area contributed by atoms with Crippen molar-refractivity contribution in [2.24, 2.45) is 17.5 Å². The lowest BCUT2D eigenvalue weighted by Crippen LogP contribution is -2.30. The highest BCUT2D eigenvalue weighted by Gasteiger charge is 2.26. The number of nitrogens with one attached hydrogen (secondary N) is 1. The SMILES string of the molecule is NNC(=O)c1cn(CCN2CCC(C(N)=O)C2)nn1. The average Bonchev–Trinajstić information content (AvgIpc) is 3.04. The fraction of sp³-hybridized carbons (Fsp3) is 0.600. The number of hydrazine groups is 1. The molecule has 0 aliphatic carbocycles. The van der Waals surface area contributed by atoms with E-state index in [0.29, 0.717) is 13.1 Å². The lowest BCUT2D eigenvalue weighted by molar-refractivity contribution is -0.121. The van der Waals surface area contributed by atoms with E-state index in [1.165, 1.54) is 6.20 Å². The molecule has 0 spiro atoms. The van der Waals surface area contributed by atoms with E-state index in [-0.39, 0.29) is 17.5 Å². The molecule has 1 aliphatic heterocycles. The van der Waals surface area contributed by atoms with E-state index in [2.05, 4.69) is 15.2 Å². The minimum absolute atomic E-state index is 0.0608. The van der Waals surface area contributed by atoms with Crippen LogP contribution in [-0.2, 0) is 11.3 Å². The monoisotopic (exact) mass is 267 g/mol. The second-order valence-corrected chi connectivity index (χ2v) is 4.53. The minimum atomic E-state index is -0.471. The summed E-state index contributed by atoms with van der Waals surface area (Å²) in [6.45, 7) is 2.85. The van der Waals surface area contributed by atoms with Gasteiger partial charge in [0.15, 0.2) is 5.69 Å². The average molecular weight is 267 g/mol. The number of hydrogen-bond acceptors (Lipinski definition) is 6. The second-order valence-electron chi connectivity index (χ2n) is 4.53. The van der Waals surface area contributed by atoms with Crippen LogP contribution in [0, 0.1) is 5.92 Å². The maximum absolute atomic E-state index is 11.2. The molecule has 1 atom stereocenters. The number of primary amides is 1. The Morgan fingerprint density at radius 3 is 2.89 bits per heavy atom. The number of carbonyl (C=O) groups excluding carboxylic acids is 2. The Hall–Kier alpha value is -2.00. The van der Waals surface area contributed by atoms with Crippen molar-refractivity contribution >= 4 is 11.8 Å². The van der Waals surface area contributed by atoms with Crippen LogP contribution in [0.1, 0.15) is 16.9 Å². The van der Waals surface area contributed by atoms with Crippen molar-refractivity contribution in [3.8, 4) is 0 Å². The molecule has 1 fully saturated rings. The molecule has 2 amide bonds. The van der Waals surface area contributed by atoms with Crippen molar-refractivity contribution in [3.63, 3.8) is 0 Å². The molecule has 2 heterocycles. The fourth-order valence-corrected chi connectivity index (χ4v) is 2.10. The molecule has 5 N–H and O–H groups in total. The standard InChI is InChI=1S/C10H17N7O2/c11-9(18)7-1-2-16(5-7)3-4-17-6-8(14-15-17)10(19)13-12/h6-7H,1-5,12H2,(H2,11,18)(H,13,19). The van der Waals surface area contributed by atoms with Crippen LogP contribution in [-0.4, -0.2) is 51.3 Å². The van der Waals surface area contributed by atoms with Crippen molar-refractivity contribution in [1.82, 2.24) is 25.3 Å². The van der Waals surface area contributed by atoms with Gasteiger partial charge in [0.1, 0.15) is 0 Å². The van der Waals surface area contributed by atoms with Gasteiger partial charge < -0.3 is 10.6 Å². The smallest absolute Gasteiger partial charge is 0.287 e. The van der Waals surface area contributed by atoms with E-state index < -0.39 is 5.91 Å². The van der Waals surface area contributed by atoms with Gasteiger partial charge in [0.05, 0.1) is 18.7 Å². The van der Waals surface area contributed by atoms with E-state index in [1.54, 1.807) is 4.68 Å². The van der Waals surface area contributed by atoms with Crippen molar-refractivity contribution in [2.75, 3.05) is 19.6 Å². The Morgan fingerprint density at radius 1 is 1.47 bits per heavy atom. The number of aromatic nitrogens is 3. The van der Waals surface area contributed by atoms with Crippen LogP contribution in [0.3, 0.4) is 0 Å². The number of nitrogens with two attached hydrogens (primary N) is 2. The Balaban J connectivity index is 1.81. The van der Waals surface area contributed by atoms with Gasteiger partial charge in [-0.1, -0.05) is 5.21 Å². The van der Waals surface area contributed by atoms with Crippen molar-refractivity contribution in [1.29, 1.82) is 0 Å². The van der Waals surface area contributed by atoms with Gasteiger partial charge in [-0.05, 0) is 13.0 Å². The Bertz CT molecular complexity index is 472. The summed E-state index contributed by atoms with van der Waals surface area (Å²) in [7, 11) is 0. The third kappa shape index (κ3) is 3.26. The topological polar surface area (TPSA) is 132 Å². The van der Waals surface area contributed by atoms with Crippen LogP contribution in [0.5, 0.6) is 0 Å². The summed E-state index contributed by atoms with van der Waals surface area (Å²) < 4.78 is 1.57. The lowest BCUT2D eigenvalue weighted by Gasteiger charge is -2.14. The number of hydrogen-bond donors (Lipinski definition) is 3. The van der Waals surface area contributed by atoms with E-state index in [4.69, 9.17) is 11.6 Å². The number of amides is 2. The van der Waals surface area contributed by atoms with Crippen LogP contribution in [0.15, 0.2) is 6.20 Å². The van der Waals surface area contributed by atoms with E-state index in [1.807, 2.05) is 5.43 Å². The molecule has 0 saturated carbocycles. The third-order valence-electron chi connectivity index (χ3n) is 3.22. The molecule has 1 aliphatic rings. The van der Waals surface area contributed by atoms with Crippen molar-refractivity contribution in [2.45, 2.75) is 13.0 Å². The number of likely N-dealkylation sites (tertiary alicyclic amines) is 1. The first-order valence-electron chi connectivity index (χ1n) is 6.03. The highest BCUT2D eigenvalue weighted by Crippen LogP contribution is 2.15. The molecular formula is C10H17N7O2. The molecule has 19 heavy (non-hydrogen) atoms. The normalized spacial score (nSPS) is 19.5. The van der Waals surface area contributed by atoms with E-state index >= 15 is 0 Å². The van der Waals surface area contributed by atoms with Crippen LogP contribution in [0.2, 0.25) is 0 Å². The number of nitrogens with zero attached hydrogens (tertiary/aromatic N) is 4. The van der Waals surface area contributed by atoms with Crippen molar-refractivity contribution < 1.29 is 9.59 Å². The number of rotatable bonds is 5. The van der Waals surface area contributed by atoms with Gasteiger partial charge in [-0.2, -0.15) is 0 Å². The van der Waals surface area contributed by atoms with E-state index in [9.17, 15) is 9.59 Å².